The van der Waals surface area contributed by atoms with Gasteiger partial charge in [-0.1, -0.05) is 31.6 Å². The Balaban J connectivity index is 1.70. The summed E-state index contributed by atoms with van der Waals surface area (Å²) in [7, 11) is 0. The van der Waals surface area contributed by atoms with Crippen molar-refractivity contribution in [2.45, 2.75) is 45.1 Å². The summed E-state index contributed by atoms with van der Waals surface area (Å²) in [6.45, 7) is 3.68. The van der Waals surface area contributed by atoms with Crippen LogP contribution in [0.2, 0.25) is 0 Å². The molecule has 2 aliphatic heterocycles. The molecule has 5 nitrogen and oxygen atoms in total. The molecule has 1 fully saturated rings. The third-order valence-electron chi connectivity index (χ3n) is 4.78. The van der Waals surface area contributed by atoms with Crippen molar-refractivity contribution >= 4 is 12.0 Å². The Labute approximate surface area is 154 Å². The lowest BCUT2D eigenvalue weighted by Crippen LogP contribution is -2.39. The quantitative estimate of drug-likeness (QED) is 0.625. The number of carbonyl (C=O) groups is 1. The molecule has 1 N–H and O–H groups in total. The maximum atomic E-state index is 12.4. The van der Waals surface area contributed by atoms with Crippen LogP contribution >= 0.6 is 0 Å². The first-order chi connectivity index (χ1) is 12.7. The van der Waals surface area contributed by atoms with Crippen molar-refractivity contribution in [1.29, 1.82) is 0 Å². The number of benzene rings is 1. The highest BCUT2D eigenvalue weighted by molar-refractivity contribution is 5.88. The first-order valence-corrected chi connectivity index (χ1v) is 9.41. The number of ether oxygens (including phenoxy) is 2. The molecule has 0 radical (unpaired) electrons. The van der Waals surface area contributed by atoms with Crippen molar-refractivity contribution < 1.29 is 19.4 Å². The maximum absolute atomic E-state index is 12.4. The van der Waals surface area contributed by atoms with E-state index in [2.05, 4.69) is 13.0 Å². The van der Waals surface area contributed by atoms with Gasteiger partial charge in [0.05, 0.1) is 6.10 Å². The van der Waals surface area contributed by atoms with Crippen LogP contribution < -0.4 is 9.47 Å². The zero-order valence-corrected chi connectivity index (χ0v) is 15.3. The molecule has 1 aromatic rings. The molecule has 2 aliphatic rings. The smallest absolute Gasteiger partial charge is 0.246 e. The molecule has 3 rings (SSSR count). The first kappa shape index (κ1) is 18.5. The van der Waals surface area contributed by atoms with Crippen molar-refractivity contribution in [2.24, 2.45) is 0 Å². The molecule has 1 amide bonds. The number of rotatable bonds is 6. The summed E-state index contributed by atoms with van der Waals surface area (Å²) in [6.07, 6.45) is 9.84. The zero-order chi connectivity index (χ0) is 18.4. The predicted octanol–water partition coefficient (Wildman–Crippen LogP) is 3.53. The molecular weight excluding hydrogens is 330 g/mol. The summed E-state index contributed by atoms with van der Waals surface area (Å²) in [5.74, 6) is 1.56. The van der Waals surface area contributed by atoms with Gasteiger partial charge < -0.3 is 19.5 Å². The Bertz CT molecular complexity index is 687. The molecule has 140 valence electrons. The van der Waals surface area contributed by atoms with E-state index in [1.807, 2.05) is 24.3 Å². The van der Waals surface area contributed by atoms with Gasteiger partial charge in [-0.15, -0.1) is 0 Å². The lowest BCUT2D eigenvalue weighted by atomic mass is 10.0. The number of allylic oxidation sites excluding steroid dienone is 2. The number of aliphatic hydroxyl groups is 1. The molecule has 0 saturated carbocycles. The van der Waals surface area contributed by atoms with Gasteiger partial charge in [-0.25, -0.2) is 0 Å². The maximum Gasteiger partial charge on any atom is 0.246 e. The number of hydrogen-bond acceptors (Lipinski definition) is 4. The van der Waals surface area contributed by atoms with Crippen LogP contribution in [0.15, 0.2) is 35.9 Å². The standard InChI is InChI=1S/C21H27NO4/c1-2-3-4-16(6-8-21(24)22-11-9-18(23)10-12-22)13-17-5-7-19-20(14-17)26-15-25-19/h5-8,13-14,18,23H,2-4,9-12,15H2,1H3/b8-6+,16-13+. The Morgan fingerprint density at radius 1 is 1.23 bits per heavy atom. The van der Waals surface area contributed by atoms with Crippen LogP contribution in [-0.4, -0.2) is 41.9 Å². The second-order valence-electron chi connectivity index (χ2n) is 6.83. The van der Waals surface area contributed by atoms with Gasteiger partial charge in [-0.2, -0.15) is 0 Å². The van der Waals surface area contributed by atoms with Crippen molar-refractivity contribution in [2.75, 3.05) is 19.9 Å². The van der Waals surface area contributed by atoms with E-state index < -0.39 is 0 Å². The molecule has 0 aromatic heterocycles. The fraction of sp³-hybridized carbons (Fsp3) is 0.476. The second kappa shape index (κ2) is 8.90. The highest BCUT2D eigenvalue weighted by Gasteiger charge is 2.19. The van der Waals surface area contributed by atoms with Gasteiger partial charge in [-0.3, -0.25) is 4.79 Å². The van der Waals surface area contributed by atoms with E-state index in [0.717, 1.165) is 41.9 Å². The van der Waals surface area contributed by atoms with Crippen molar-refractivity contribution in [3.8, 4) is 11.5 Å². The minimum absolute atomic E-state index is 0.0185. The van der Waals surface area contributed by atoms with Gasteiger partial charge in [0, 0.05) is 19.2 Å². The average Bonchev–Trinajstić information content (AvgIpc) is 3.12. The third-order valence-corrected chi connectivity index (χ3v) is 4.78. The van der Waals surface area contributed by atoms with E-state index in [9.17, 15) is 9.90 Å². The SMILES string of the molecule is CCCCC(/C=C/C(=O)N1CCC(O)CC1)=C\c1ccc2c(c1)OCO2. The molecule has 1 saturated heterocycles. The molecule has 0 atom stereocenters. The fourth-order valence-electron chi connectivity index (χ4n) is 3.17. The van der Waals surface area contributed by atoms with Crippen LogP contribution in [0.25, 0.3) is 6.08 Å². The Morgan fingerprint density at radius 2 is 2.00 bits per heavy atom. The topological polar surface area (TPSA) is 59.0 Å². The van der Waals surface area contributed by atoms with Crippen LogP contribution in [0.4, 0.5) is 0 Å². The Kier molecular flexibility index (Phi) is 6.34. The predicted molar refractivity (Wildman–Crippen MR) is 101 cm³/mol. The lowest BCUT2D eigenvalue weighted by molar-refractivity contribution is -0.127. The number of amides is 1. The van der Waals surface area contributed by atoms with Crippen LogP contribution in [0.1, 0.15) is 44.6 Å². The highest BCUT2D eigenvalue weighted by Crippen LogP contribution is 2.33. The first-order valence-electron chi connectivity index (χ1n) is 9.41. The summed E-state index contributed by atoms with van der Waals surface area (Å²) in [4.78, 5) is 14.2. The number of piperidine rings is 1. The lowest BCUT2D eigenvalue weighted by Gasteiger charge is -2.28. The summed E-state index contributed by atoms with van der Waals surface area (Å²) in [6, 6.07) is 5.89. The van der Waals surface area contributed by atoms with Gasteiger partial charge in [0.15, 0.2) is 11.5 Å². The van der Waals surface area contributed by atoms with Crippen LogP contribution in [0.3, 0.4) is 0 Å². The van der Waals surface area contributed by atoms with Crippen molar-refractivity contribution in [1.82, 2.24) is 4.90 Å². The van der Waals surface area contributed by atoms with E-state index in [1.165, 1.54) is 0 Å². The summed E-state index contributed by atoms with van der Waals surface area (Å²) in [5.41, 5.74) is 2.16. The molecule has 0 bridgehead atoms. The molecular formula is C21H27NO4. The second-order valence-corrected chi connectivity index (χ2v) is 6.83. The number of aliphatic hydroxyl groups excluding tert-OH is 1. The summed E-state index contributed by atoms with van der Waals surface area (Å²) >= 11 is 0. The van der Waals surface area contributed by atoms with E-state index in [1.54, 1.807) is 11.0 Å². The van der Waals surface area contributed by atoms with E-state index in [0.29, 0.717) is 25.9 Å². The monoisotopic (exact) mass is 357 g/mol. The van der Waals surface area contributed by atoms with Crippen LogP contribution in [0.5, 0.6) is 11.5 Å². The normalized spacial score (nSPS) is 17.9. The number of hydrogen-bond donors (Lipinski definition) is 1. The summed E-state index contributed by atoms with van der Waals surface area (Å²) < 4.78 is 10.8. The Morgan fingerprint density at radius 3 is 2.77 bits per heavy atom. The number of likely N-dealkylation sites (tertiary alicyclic amines) is 1. The third kappa shape index (κ3) is 4.88. The average molecular weight is 357 g/mol. The van der Waals surface area contributed by atoms with Crippen molar-refractivity contribution in [3.63, 3.8) is 0 Å². The van der Waals surface area contributed by atoms with Crippen molar-refractivity contribution in [3.05, 3.63) is 41.5 Å². The van der Waals surface area contributed by atoms with Gasteiger partial charge in [0.25, 0.3) is 0 Å². The molecule has 0 unspecified atom stereocenters. The van der Waals surface area contributed by atoms with Gasteiger partial charge in [-0.05, 0) is 49.0 Å². The van der Waals surface area contributed by atoms with Crippen LogP contribution in [0, 0.1) is 0 Å². The number of fused-ring (bicyclic) bond motifs is 1. The molecule has 5 heteroatoms. The Hall–Kier alpha value is -2.27. The number of nitrogens with zero attached hydrogens (tertiary/aromatic N) is 1. The largest absolute Gasteiger partial charge is 0.454 e. The van der Waals surface area contributed by atoms with Gasteiger partial charge in [0.2, 0.25) is 12.7 Å². The summed E-state index contributed by atoms with van der Waals surface area (Å²) in [5, 5.41) is 9.57. The number of carbonyl (C=O) groups excluding carboxylic acids is 1. The molecule has 26 heavy (non-hydrogen) atoms. The minimum atomic E-state index is -0.269. The molecule has 1 aromatic carbocycles. The molecule has 2 heterocycles. The zero-order valence-electron chi connectivity index (χ0n) is 15.3. The van der Waals surface area contributed by atoms with E-state index in [-0.39, 0.29) is 18.8 Å². The number of unbranched alkanes of at least 4 members (excludes halogenated alkanes) is 1. The van der Waals surface area contributed by atoms with E-state index >= 15 is 0 Å². The minimum Gasteiger partial charge on any atom is -0.454 e. The van der Waals surface area contributed by atoms with Crippen LogP contribution in [-0.2, 0) is 4.79 Å². The molecule has 0 aliphatic carbocycles. The van der Waals surface area contributed by atoms with Gasteiger partial charge >= 0.3 is 0 Å². The van der Waals surface area contributed by atoms with E-state index in [4.69, 9.17) is 9.47 Å². The van der Waals surface area contributed by atoms with Gasteiger partial charge in [0.1, 0.15) is 0 Å². The molecule has 0 spiro atoms. The highest BCUT2D eigenvalue weighted by atomic mass is 16.7. The fourth-order valence-corrected chi connectivity index (χ4v) is 3.17.